The molecule has 0 atom stereocenters. The zero-order chi connectivity index (χ0) is 17.9. The standard InChI is InChI=1S/C18H18N4O3S/c23-14-5-2-1-4-13(14)18(24)22-9-7-21(8-10-22)12-16-19-17(20-25-16)15-6-3-11-26-15/h1-6,11,23H,7-10,12H2. The fourth-order valence-electron chi connectivity index (χ4n) is 2.95. The van der Waals surface area contributed by atoms with E-state index >= 15 is 0 Å². The van der Waals surface area contributed by atoms with Crippen molar-refractivity contribution in [1.29, 1.82) is 0 Å². The van der Waals surface area contributed by atoms with Gasteiger partial charge in [-0.25, -0.2) is 0 Å². The van der Waals surface area contributed by atoms with Crippen LogP contribution in [0.3, 0.4) is 0 Å². The second kappa shape index (κ2) is 7.27. The molecular weight excluding hydrogens is 352 g/mol. The number of carbonyl (C=O) groups is 1. The molecule has 1 fully saturated rings. The fourth-order valence-corrected chi connectivity index (χ4v) is 3.60. The summed E-state index contributed by atoms with van der Waals surface area (Å²) in [6.07, 6.45) is 0. The molecule has 0 aliphatic carbocycles. The SMILES string of the molecule is O=C(c1ccccc1O)N1CCN(Cc2nc(-c3cccs3)no2)CC1. The number of rotatable bonds is 4. The zero-order valence-electron chi connectivity index (χ0n) is 14.0. The molecule has 0 unspecified atom stereocenters. The molecule has 8 heteroatoms. The maximum atomic E-state index is 12.5. The lowest BCUT2D eigenvalue weighted by atomic mass is 10.1. The van der Waals surface area contributed by atoms with E-state index in [0.29, 0.717) is 36.9 Å². The molecule has 4 rings (SSSR count). The highest BCUT2D eigenvalue weighted by atomic mass is 32.1. The summed E-state index contributed by atoms with van der Waals surface area (Å²) in [5, 5.41) is 15.9. The third kappa shape index (κ3) is 3.47. The highest BCUT2D eigenvalue weighted by molar-refractivity contribution is 7.13. The predicted molar refractivity (Wildman–Crippen MR) is 96.9 cm³/mol. The largest absolute Gasteiger partial charge is 0.507 e. The van der Waals surface area contributed by atoms with Crippen LogP contribution in [0.1, 0.15) is 16.2 Å². The number of aromatic hydroxyl groups is 1. The van der Waals surface area contributed by atoms with Crippen molar-refractivity contribution < 1.29 is 14.4 Å². The number of amides is 1. The number of nitrogens with zero attached hydrogens (tertiary/aromatic N) is 4. The quantitative estimate of drug-likeness (QED) is 0.760. The molecule has 7 nitrogen and oxygen atoms in total. The van der Waals surface area contributed by atoms with Crippen LogP contribution in [0.4, 0.5) is 0 Å². The smallest absolute Gasteiger partial charge is 0.257 e. The van der Waals surface area contributed by atoms with Crippen LogP contribution < -0.4 is 0 Å². The number of piperazine rings is 1. The Morgan fingerprint density at radius 2 is 1.96 bits per heavy atom. The van der Waals surface area contributed by atoms with Gasteiger partial charge < -0.3 is 14.5 Å². The van der Waals surface area contributed by atoms with Crippen LogP contribution in [0.2, 0.25) is 0 Å². The van der Waals surface area contributed by atoms with Crippen LogP contribution in [0, 0.1) is 0 Å². The third-order valence-electron chi connectivity index (χ3n) is 4.36. The van der Waals surface area contributed by atoms with Crippen molar-refractivity contribution >= 4 is 17.2 Å². The Balaban J connectivity index is 1.34. The van der Waals surface area contributed by atoms with E-state index in [1.807, 2.05) is 17.5 Å². The summed E-state index contributed by atoms with van der Waals surface area (Å²) >= 11 is 1.57. The van der Waals surface area contributed by atoms with Gasteiger partial charge >= 0.3 is 0 Å². The summed E-state index contributed by atoms with van der Waals surface area (Å²) in [6, 6.07) is 10.6. The predicted octanol–water partition coefficient (Wildman–Crippen LogP) is 2.46. The molecule has 2 aromatic heterocycles. The normalized spacial score (nSPS) is 15.3. The molecule has 1 N–H and O–H groups in total. The number of carbonyl (C=O) groups excluding carboxylic acids is 1. The number of phenols is 1. The van der Waals surface area contributed by atoms with Crippen LogP contribution in [-0.4, -0.2) is 57.1 Å². The van der Waals surface area contributed by atoms with E-state index < -0.39 is 0 Å². The topological polar surface area (TPSA) is 82.7 Å². The maximum Gasteiger partial charge on any atom is 0.257 e. The summed E-state index contributed by atoms with van der Waals surface area (Å²) in [4.78, 5) is 21.9. The van der Waals surface area contributed by atoms with Crippen LogP contribution >= 0.6 is 11.3 Å². The molecule has 26 heavy (non-hydrogen) atoms. The van der Waals surface area contributed by atoms with Crippen molar-refractivity contribution in [3.05, 3.63) is 53.2 Å². The van der Waals surface area contributed by atoms with Crippen LogP contribution in [0.5, 0.6) is 5.75 Å². The average molecular weight is 370 g/mol. The number of thiophene rings is 1. The number of phenolic OH excluding ortho intramolecular Hbond substituents is 1. The minimum absolute atomic E-state index is 0.0203. The van der Waals surface area contributed by atoms with E-state index in [1.165, 1.54) is 6.07 Å². The first-order valence-electron chi connectivity index (χ1n) is 8.37. The summed E-state index contributed by atoms with van der Waals surface area (Å²) in [5.41, 5.74) is 0.346. The van der Waals surface area contributed by atoms with Crippen molar-refractivity contribution in [3.63, 3.8) is 0 Å². The number of aromatic nitrogens is 2. The molecule has 1 aliphatic heterocycles. The minimum Gasteiger partial charge on any atom is -0.507 e. The van der Waals surface area contributed by atoms with E-state index in [-0.39, 0.29) is 11.7 Å². The van der Waals surface area contributed by atoms with Gasteiger partial charge in [-0.2, -0.15) is 4.98 Å². The second-order valence-electron chi connectivity index (χ2n) is 6.07. The van der Waals surface area contributed by atoms with Gasteiger partial charge in [0.15, 0.2) is 0 Å². The Labute approximate surface area is 154 Å². The highest BCUT2D eigenvalue weighted by Gasteiger charge is 2.24. The zero-order valence-corrected chi connectivity index (χ0v) is 14.9. The van der Waals surface area contributed by atoms with Crippen LogP contribution in [-0.2, 0) is 6.54 Å². The Kier molecular flexibility index (Phi) is 4.68. The summed E-state index contributed by atoms with van der Waals surface area (Å²) in [6.45, 7) is 3.20. The van der Waals surface area contributed by atoms with Crippen molar-refractivity contribution in [3.8, 4) is 16.5 Å². The van der Waals surface area contributed by atoms with Gasteiger partial charge in [0, 0.05) is 26.2 Å². The molecular formula is C18H18N4O3S. The van der Waals surface area contributed by atoms with Crippen molar-refractivity contribution in [2.75, 3.05) is 26.2 Å². The number of benzene rings is 1. The van der Waals surface area contributed by atoms with E-state index in [4.69, 9.17) is 4.52 Å². The molecule has 0 saturated carbocycles. The molecule has 134 valence electrons. The Hall–Kier alpha value is -2.71. The Morgan fingerprint density at radius 3 is 2.69 bits per heavy atom. The molecule has 1 amide bonds. The summed E-state index contributed by atoms with van der Waals surface area (Å²) in [5.74, 6) is 1.07. The lowest BCUT2D eigenvalue weighted by Gasteiger charge is -2.34. The lowest BCUT2D eigenvalue weighted by Crippen LogP contribution is -2.48. The number of hydrogen-bond acceptors (Lipinski definition) is 7. The number of para-hydroxylation sites is 1. The van der Waals surface area contributed by atoms with Crippen molar-refractivity contribution in [2.45, 2.75) is 6.54 Å². The first-order chi connectivity index (χ1) is 12.7. The van der Waals surface area contributed by atoms with E-state index in [9.17, 15) is 9.90 Å². The fraction of sp³-hybridized carbons (Fsp3) is 0.278. The van der Waals surface area contributed by atoms with Gasteiger partial charge in [-0.15, -0.1) is 11.3 Å². The monoisotopic (exact) mass is 370 g/mol. The molecule has 1 aromatic carbocycles. The second-order valence-corrected chi connectivity index (χ2v) is 7.02. The number of hydrogen-bond donors (Lipinski definition) is 1. The van der Waals surface area contributed by atoms with Gasteiger partial charge in [0.25, 0.3) is 5.91 Å². The van der Waals surface area contributed by atoms with Gasteiger partial charge in [0.2, 0.25) is 11.7 Å². The molecule has 3 heterocycles. The van der Waals surface area contributed by atoms with Gasteiger partial charge in [-0.1, -0.05) is 23.4 Å². The molecule has 1 aliphatic rings. The van der Waals surface area contributed by atoms with Gasteiger partial charge in [-0.05, 0) is 23.6 Å². The van der Waals surface area contributed by atoms with Crippen LogP contribution in [0.15, 0.2) is 46.3 Å². The maximum absolute atomic E-state index is 12.5. The summed E-state index contributed by atoms with van der Waals surface area (Å²) < 4.78 is 5.34. The molecule has 0 radical (unpaired) electrons. The first-order valence-corrected chi connectivity index (χ1v) is 9.25. The van der Waals surface area contributed by atoms with Crippen molar-refractivity contribution in [2.24, 2.45) is 0 Å². The Morgan fingerprint density at radius 1 is 1.15 bits per heavy atom. The molecule has 1 saturated heterocycles. The van der Waals surface area contributed by atoms with Gasteiger partial charge in [-0.3, -0.25) is 9.69 Å². The first kappa shape index (κ1) is 16.7. The van der Waals surface area contributed by atoms with Gasteiger partial charge in [0.05, 0.1) is 17.0 Å². The Bertz CT molecular complexity index is 885. The van der Waals surface area contributed by atoms with E-state index in [2.05, 4.69) is 15.0 Å². The minimum atomic E-state index is -0.138. The van der Waals surface area contributed by atoms with Gasteiger partial charge in [0.1, 0.15) is 5.75 Å². The third-order valence-corrected chi connectivity index (χ3v) is 5.23. The van der Waals surface area contributed by atoms with E-state index in [0.717, 1.165) is 18.0 Å². The average Bonchev–Trinajstić information content (AvgIpc) is 3.34. The van der Waals surface area contributed by atoms with Crippen LogP contribution in [0.25, 0.3) is 10.7 Å². The lowest BCUT2D eigenvalue weighted by molar-refractivity contribution is 0.0612. The highest BCUT2D eigenvalue weighted by Crippen LogP contribution is 2.22. The van der Waals surface area contributed by atoms with Crippen molar-refractivity contribution in [1.82, 2.24) is 19.9 Å². The van der Waals surface area contributed by atoms with E-state index in [1.54, 1.807) is 34.4 Å². The summed E-state index contributed by atoms with van der Waals surface area (Å²) in [7, 11) is 0. The molecule has 0 spiro atoms. The molecule has 0 bridgehead atoms. The molecule has 3 aromatic rings.